The topological polar surface area (TPSA) is 37.4 Å². The fraction of sp³-hybridized carbons (Fsp3) is 0.500. The molecule has 0 aromatic carbocycles. The van der Waals surface area contributed by atoms with E-state index >= 15 is 0 Å². The first-order chi connectivity index (χ1) is 6.16. The number of likely N-dealkylation sites (tertiary alicyclic amines) is 1. The minimum atomic E-state index is -0.427. The van der Waals surface area contributed by atoms with Gasteiger partial charge in [-0.15, -0.1) is 0 Å². The van der Waals surface area contributed by atoms with Gasteiger partial charge in [-0.3, -0.25) is 9.59 Å². The van der Waals surface area contributed by atoms with Crippen LogP contribution in [0.5, 0.6) is 0 Å². The van der Waals surface area contributed by atoms with Crippen LogP contribution in [0, 0.1) is 0 Å². The largest absolute Gasteiger partial charge is 0.325 e. The molecule has 0 radical (unpaired) electrons. The highest BCUT2D eigenvalue weighted by atomic mass is 35.5. The Balaban J connectivity index is 2.11. The molecule has 1 saturated heterocycles. The quantitative estimate of drug-likeness (QED) is 0.457. The van der Waals surface area contributed by atoms with Gasteiger partial charge in [-0.25, -0.2) is 0 Å². The zero-order chi connectivity index (χ0) is 9.42. The normalized spacial score (nSPS) is 27.2. The van der Waals surface area contributed by atoms with Gasteiger partial charge in [0.15, 0.2) is 0 Å². The first-order valence-corrected chi connectivity index (χ1v) is 5.28. The minimum Gasteiger partial charge on any atom is -0.325 e. The van der Waals surface area contributed by atoms with E-state index in [2.05, 4.69) is 0 Å². The number of piperidine rings is 1. The molecular formula is C8H8ClNO2S. The Bertz CT molecular complexity index is 303. The van der Waals surface area contributed by atoms with Crippen molar-refractivity contribution in [3.05, 3.63) is 11.6 Å². The van der Waals surface area contributed by atoms with Crippen molar-refractivity contribution in [2.75, 3.05) is 13.1 Å². The zero-order valence-corrected chi connectivity index (χ0v) is 8.40. The van der Waals surface area contributed by atoms with Crippen LogP contribution < -0.4 is 0 Å². The van der Waals surface area contributed by atoms with E-state index in [0.29, 0.717) is 18.3 Å². The zero-order valence-electron chi connectivity index (χ0n) is 6.83. The van der Waals surface area contributed by atoms with Crippen molar-refractivity contribution in [3.63, 3.8) is 0 Å². The molecule has 1 atom stereocenters. The highest BCUT2D eigenvalue weighted by molar-refractivity contribution is 8.15. The molecule has 2 heterocycles. The molecule has 3 nitrogen and oxygen atoms in total. The van der Waals surface area contributed by atoms with Gasteiger partial charge >= 0.3 is 5.37 Å². The number of halogens is 1. The fourth-order valence-electron chi connectivity index (χ4n) is 1.61. The van der Waals surface area contributed by atoms with Gasteiger partial charge in [0.1, 0.15) is 0 Å². The molecule has 5 heteroatoms. The number of hydrogen-bond donors (Lipinski definition) is 0. The molecule has 1 amide bonds. The maximum atomic E-state index is 11.0. The molecule has 70 valence electrons. The van der Waals surface area contributed by atoms with Gasteiger partial charge in [-0.05, 0) is 29.7 Å². The summed E-state index contributed by atoms with van der Waals surface area (Å²) in [7, 11) is 0. The molecule has 0 spiro atoms. The number of carbonyl (C=O) groups is 2. The average molecular weight is 218 g/mol. The first-order valence-electron chi connectivity index (χ1n) is 4.02. The van der Waals surface area contributed by atoms with Crippen LogP contribution in [0.1, 0.15) is 6.42 Å². The van der Waals surface area contributed by atoms with Crippen LogP contribution >= 0.6 is 23.4 Å². The summed E-state index contributed by atoms with van der Waals surface area (Å²) in [6.07, 6.45) is 2.46. The maximum absolute atomic E-state index is 11.0. The van der Waals surface area contributed by atoms with E-state index in [9.17, 15) is 9.59 Å². The summed E-state index contributed by atoms with van der Waals surface area (Å²) in [6, 6.07) is 0. The first kappa shape index (κ1) is 9.09. The Kier molecular flexibility index (Phi) is 2.34. The summed E-state index contributed by atoms with van der Waals surface area (Å²) in [5, 5.41) is -0.0349. The van der Waals surface area contributed by atoms with Crippen molar-refractivity contribution in [1.82, 2.24) is 4.90 Å². The monoisotopic (exact) mass is 217 g/mol. The third-order valence-electron chi connectivity index (χ3n) is 2.26. The molecule has 2 rings (SSSR count). The van der Waals surface area contributed by atoms with Gasteiger partial charge in [0, 0.05) is 18.3 Å². The molecule has 2 aliphatic rings. The smallest absolute Gasteiger partial charge is 0.316 e. The summed E-state index contributed by atoms with van der Waals surface area (Å²) < 4.78 is 0. The van der Waals surface area contributed by atoms with Gasteiger partial charge in [0.25, 0.3) is 0 Å². The predicted molar refractivity (Wildman–Crippen MR) is 51.9 cm³/mol. The Morgan fingerprint density at radius 2 is 2.46 bits per heavy atom. The second-order valence-corrected chi connectivity index (χ2v) is 4.64. The van der Waals surface area contributed by atoms with E-state index in [1.165, 1.54) is 11.8 Å². The second kappa shape index (κ2) is 3.35. The summed E-state index contributed by atoms with van der Waals surface area (Å²) in [5.74, 6) is 0. The highest BCUT2D eigenvalue weighted by Crippen LogP contribution is 2.34. The number of amides is 1. The summed E-state index contributed by atoms with van der Waals surface area (Å²) in [4.78, 5) is 23.4. The van der Waals surface area contributed by atoms with Crippen molar-refractivity contribution in [2.45, 2.75) is 11.7 Å². The number of nitrogens with zero attached hydrogens (tertiary/aromatic N) is 1. The molecule has 0 aliphatic carbocycles. The molecular weight excluding hydrogens is 210 g/mol. The predicted octanol–water partition coefficient (Wildman–Crippen LogP) is 1.62. The number of carbonyl (C=O) groups excluding carboxylic acids is 2. The van der Waals surface area contributed by atoms with E-state index < -0.39 is 5.37 Å². The lowest BCUT2D eigenvalue weighted by atomic mass is 10.1. The van der Waals surface area contributed by atoms with E-state index in [0.717, 1.165) is 12.0 Å². The number of thioether (sulfide) groups is 1. The van der Waals surface area contributed by atoms with Crippen molar-refractivity contribution >= 4 is 33.8 Å². The summed E-state index contributed by atoms with van der Waals surface area (Å²) in [5.41, 5.74) is 1.04. The van der Waals surface area contributed by atoms with Crippen molar-refractivity contribution in [1.29, 1.82) is 0 Å². The van der Waals surface area contributed by atoms with E-state index in [-0.39, 0.29) is 5.12 Å². The molecule has 0 saturated carbocycles. The number of rotatable bonds is 0. The third kappa shape index (κ3) is 1.74. The standard InChI is InChI=1S/C8H8ClNO2S/c9-8(12)10-2-1-6-5(4-10)3-7(11)13-6/h3,6H,1-2,4H2. The Hall–Kier alpha value is -0.480. The number of hydrogen-bond acceptors (Lipinski definition) is 3. The van der Waals surface area contributed by atoms with E-state index in [1.807, 2.05) is 0 Å². The fourth-order valence-corrected chi connectivity index (χ4v) is 2.77. The molecule has 0 N–H and O–H groups in total. The lowest BCUT2D eigenvalue weighted by Gasteiger charge is -2.29. The third-order valence-corrected chi connectivity index (χ3v) is 3.67. The number of fused-ring (bicyclic) bond motifs is 1. The molecule has 2 aliphatic heterocycles. The Labute approximate surface area is 85.1 Å². The van der Waals surface area contributed by atoms with Crippen LogP contribution in [0.2, 0.25) is 0 Å². The molecule has 0 bridgehead atoms. The van der Waals surface area contributed by atoms with Crippen LogP contribution in [-0.2, 0) is 4.79 Å². The second-order valence-electron chi connectivity index (χ2n) is 3.11. The van der Waals surface area contributed by atoms with Crippen molar-refractivity contribution in [3.8, 4) is 0 Å². The Morgan fingerprint density at radius 3 is 3.15 bits per heavy atom. The molecule has 13 heavy (non-hydrogen) atoms. The highest BCUT2D eigenvalue weighted by Gasteiger charge is 2.32. The van der Waals surface area contributed by atoms with Crippen molar-refractivity contribution < 1.29 is 9.59 Å². The molecule has 0 aromatic heterocycles. The van der Waals surface area contributed by atoms with Crippen LogP contribution in [0.4, 0.5) is 4.79 Å². The maximum Gasteiger partial charge on any atom is 0.316 e. The Morgan fingerprint density at radius 1 is 1.69 bits per heavy atom. The van der Waals surface area contributed by atoms with Crippen LogP contribution in [0.25, 0.3) is 0 Å². The van der Waals surface area contributed by atoms with E-state index in [4.69, 9.17) is 11.6 Å². The van der Waals surface area contributed by atoms with Crippen LogP contribution in [-0.4, -0.2) is 33.7 Å². The summed E-state index contributed by atoms with van der Waals surface area (Å²) >= 11 is 6.70. The lowest BCUT2D eigenvalue weighted by molar-refractivity contribution is -0.106. The SMILES string of the molecule is O=C1C=C2CN(C(=O)Cl)CCC2S1. The summed E-state index contributed by atoms with van der Waals surface area (Å²) in [6.45, 7) is 1.18. The van der Waals surface area contributed by atoms with Gasteiger partial charge in [0.2, 0.25) is 5.12 Å². The molecule has 1 fully saturated rings. The van der Waals surface area contributed by atoms with Gasteiger partial charge < -0.3 is 4.90 Å². The van der Waals surface area contributed by atoms with Gasteiger partial charge in [-0.2, -0.15) is 0 Å². The average Bonchev–Trinajstić information content (AvgIpc) is 2.42. The van der Waals surface area contributed by atoms with Crippen molar-refractivity contribution in [2.24, 2.45) is 0 Å². The van der Waals surface area contributed by atoms with Crippen LogP contribution in [0.15, 0.2) is 11.6 Å². The van der Waals surface area contributed by atoms with Gasteiger partial charge in [-0.1, -0.05) is 11.8 Å². The van der Waals surface area contributed by atoms with Gasteiger partial charge in [0.05, 0.1) is 0 Å². The van der Waals surface area contributed by atoms with Crippen LogP contribution in [0.3, 0.4) is 0 Å². The molecule has 0 aromatic rings. The molecule has 1 unspecified atom stereocenters. The lowest BCUT2D eigenvalue weighted by Crippen LogP contribution is -2.37. The minimum absolute atomic E-state index is 0.101. The van der Waals surface area contributed by atoms with E-state index in [1.54, 1.807) is 11.0 Å².